The van der Waals surface area contributed by atoms with E-state index in [9.17, 15) is 14.9 Å². The summed E-state index contributed by atoms with van der Waals surface area (Å²) in [6, 6.07) is 14.8. The topological polar surface area (TPSA) is 103 Å². The van der Waals surface area contributed by atoms with Crippen LogP contribution in [-0.4, -0.2) is 25.8 Å². The number of halogens is 1. The minimum atomic E-state index is -0.485. The molecule has 1 atom stereocenters. The van der Waals surface area contributed by atoms with Crippen LogP contribution in [0.3, 0.4) is 0 Å². The Balaban J connectivity index is 1.64. The molecule has 0 fully saturated rings. The second-order valence-electron chi connectivity index (χ2n) is 6.73. The van der Waals surface area contributed by atoms with Crippen molar-refractivity contribution in [3.63, 3.8) is 0 Å². The van der Waals surface area contributed by atoms with Crippen LogP contribution in [-0.2, 0) is 0 Å². The van der Waals surface area contributed by atoms with E-state index in [4.69, 9.17) is 11.6 Å². The molecule has 10 heteroatoms. The Kier molecular flexibility index (Phi) is 5.79. The molecule has 0 saturated carbocycles. The molecule has 0 aliphatic carbocycles. The van der Waals surface area contributed by atoms with E-state index >= 15 is 0 Å². The zero-order valence-electron chi connectivity index (χ0n) is 16.2. The third-order valence-corrected chi connectivity index (χ3v) is 5.70. The first kappa shape index (κ1) is 20.7. The number of nitro groups is 1. The first-order chi connectivity index (χ1) is 14.9. The van der Waals surface area contributed by atoms with Gasteiger partial charge in [0.2, 0.25) is 0 Å². The van der Waals surface area contributed by atoms with Gasteiger partial charge in [0.25, 0.3) is 11.6 Å². The summed E-state index contributed by atoms with van der Waals surface area (Å²) in [5, 5.41) is 26.6. The Labute approximate surface area is 186 Å². The van der Waals surface area contributed by atoms with Gasteiger partial charge in [-0.15, -0.1) is 5.10 Å². The van der Waals surface area contributed by atoms with Crippen LogP contribution < -0.4 is 5.32 Å². The Morgan fingerprint density at radius 3 is 2.65 bits per heavy atom. The monoisotopic (exact) mass is 453 g/mol. The largest absolute Gasteiger partial charge is 0.340 e. The smallest absolute Gasteiger partial charge is 0.274 e. The molecule has 4 aromatic rings. The van der Waals surface area contributed by atoms with Crippen LogP contribution >= 0.6 is 22.9 Å². The number of thiophene rings is 1. The van der Waals surface area contributed by atoms with Crippen LogP contribution in [0.15, 0.2) is 65.4 Å². The fourth-order valence-corrected chi connectivity index (χ4v) is 3.99. The fraction of sp³-hybridized carbons (Fsp3) is 0.0952. The number of non-ortho nitro benzene ring substituents is 1. The van der Waals surface area contributed by atoms with E-state index in [2.05, 4.69) is 15.6 Å². The average molecular weight is 454 g/mol. The predicted octanol–water partition coefficient (Wildman–Crippen LogP) is 4.72. The summed E-state index contributed by atoms with van der Waals surface area (Å²) in [6.07, 6.45) is 0. The molecule has 0 aliphatic rings. The minimum absolute atomic E-state index is 0.0707. The van der Waals surface area contributed by atoms with E-state index in [0.29, 0.717) is 16.4 Å². The Morgan fingerprint density at radius 2 is 1.97 bits per heavy atom. The Hall–Kier alpha value is -3.56. The van der Waals surface area contributed by atoms with Gasteiger partial charge in [0.1, 0.15) is 0 Å². The number of carbonyl (C=O) groups excluding carboxylic acids is 1. The van der Waals surface area contributed by atoms with Gasteiger partial charge >= 0.3 is 0 Å². The molecule has 4 rings (SSSR count). The summed E-state index contributed by atoms with van der Waals surface area (Å²) >= 11 is 7.54. The molecule has 0 bridgehead atoms. The van der Waals surface area contributed by atoms with Crippen LogP contribution in [0, 0.1) is 17.0 Å². The van der Waals surface area contributed by atoms with Gasteiger partial charge in [0.15, 0.2) is 5.69 Å². The van der Waals surface area contributed by atoms with Crippen molar-refractivity contribution in [3.05, 3.63) is 103 Å². The maximum absolute atomic E-state index is 13.1. The third kappa shape index (κ3) is 4.32. The molecule has 2 aromatic heterocycles. The summed E-state index contributed by atoms with van der Waals surface area (Å²) in [7, 11) is 0. The normalized spacial score (nSPS) is 11.8. The molecule has 2 heterocycles. The lowest BCUT2D eigenvalue weighted by Gasteiger charge is -2.18. The van der Waals surface area contributed by atoms with Gasteiger partial charge in [-0.1, -0.05) is 35.0 Å². The van der Waals surface area contributed by atoms with E-state index in [-0.39, 0.29) is 11.4 Å². The lowest BCUT2D eigenvalue weighted by molar-refractivity contribution is -0.384. The number of carbonyl (C=O) groups is 1. The second kappa shape index (κ2) is 8.66. The number of hydrogen-bond acceptors (Lipinski definition) is 6. The molecule has 2 aromatic carbocycles. The standard InChI is InChI=1S/C21H16ClN5O3S/c1-13-19(24-25-26(13)17-3-2-4-18(11-17)27(29)30)21(28)23-20(15-9-10-31-12-15)14-5-7-16(22)8-6-14/h2-12,20H,1H3,(H,23,28). The van der Waals surface area contributed by atoms with Gasteiger partial charge in [-0.2, -0.15) is 11.3 Å². The highest BCUT2D eigenvalue weighted by atomic mass is 35.5. The van der Waals surface area contributed by atoms with Crippen LogP contribution in [0.25, 0.3) is 5.69 Å². The summed E-state index contributed by atoms with van der Waals surface area (Å²) in [6.45, 7) is 1.69. The summed E-state index contributed by atoms with van der Waals surface area (Å²) < 4.78 is 1.41. The number of nitrogens with zero attached hydrogens (tertiary/aromatic N) is 4. The van der Waals surface area contributed by atoms with Gasteiger partial charge in [0.05, 0.1) is 22.3 Å². The van der Waals surface area contributed by atoms with Crippen molar-refractivity contribution in [3.8, 4) is 5.69 Å². The van der Waals surface area contributed by atoms with Crippen molar-refractivity contribution in [2.24, 2.45) is 0 Å². The molecule has 1 N–H and O–H groups in total. The lowest BCUT2D eigenvalue weighted by atomic mass is 10.0. The van der Waals surface area contributed by atoms with E-state index in [1.54, 1.807) is 31.2 Å². The maximum Gasteiger partial charge on any atom is 0.274 e. The van der Waals surface area contributed by atoms with Crippen LogP contribution in [0.2, 0.25) is 5.02 Å². The highest BCUT2D eigenvalue weighted by molar-refractivity contribution is 7.08. The van der Waals surface area contributed by atoms with Crippen LogP contribution in [0.1, 0.15) is 33.4 Å². The highest BCUT2D eigenvalue weighted by Crippen LogP contribution is 2.26. The number of hydrogen-bond donors (Lipinski definition) is 1. The van der Waals surface area contributed by atoms with Gasteiger partial charge in [-0.05, 0) is 53.1 Å². The zero-order valence-corrected chi connectivity index (χ0v) is 17.8. The summed E-state index contributed by atoms with van der Waals surface area (Å²) in [4.78, 5) is 23.6. The second-order valence-corrected chi connectivity index (χ2v) is 7.94. The number of rotatable bonds is 6. The molecule has 1 amide bonds. The molecule has 0 aliphatic heterocycles. The Bertz CT molecular complexity index is 1240. The SMILES string of the molecule is Cc1c(C(=O)NC(c2ccc(Cl)cc2)c2ccsc2)nnn1-c1cccc([N+](=O)[O-])c1. The van der Waals surface area contributed by atoms with Crippen molar-refractivity contribution in [2.45, 2.75) is 13.0 Å². The number of nitro benzene ring substituents is 1. The molecular weight excluding hydrogens is 438 g/mol. The molecule has 1 unspecified atom stereocenters. The van der Waals surface area contributed by atoms with E-state index in [1.807, 2.05) is 29.0 Å². The maximum atomic E-state index is 13.1. The van der Waals surface area contributed by atoms with Gasteiger partial charge in [-0.3, -0.25) is 14.9 Å². The molecule has 0 radical (unpaired) electrons. The molecule has 31 heavy (non-hydrogen) atoms. The molecule has 0 spiro atoms. The first-order valence-electron chi connectivity index (χ1n) is 9.19. The average Bonchev–Trinajstić information content (AvgIpc) is 3.43. The summed E-state index contributed by atoms with van der Waals surface area (Å²) in [5.41, 5.74) is 2.80. The van der Waals surface area contributed by atoms with Crippen molar-refractivity contribution in [1.29, 1.82) is 0 Å². The third-order valence-electron chi connectivity index (χ3n) is 4.75. The predicted molar refractivity (Wildman–Crippen MR) is 118 cm³/mol. The molecule has 8 nitrogen and oxygen atoms in total. The number of benzene rings is 2. The van der Waals surface area contributed by atoms with Crippen LogP contribution in [0.5, 0.6) is 0 Å². The fourth-order valence-electron chi connectivity index (χ4n) is 3.18. The van der Waals surface area contributed by atoms with E-state index < -0.39 is 16.9 Å². The minimum Gasteiger partial charge on any atom is -0.340 e. The molecule has 0 saturated heterocycles. The molecule has 156 valence electrons. The van der Waals surface area contributed by atoms with Gasteiger partial charge in [-0.25, -0.2) is 4.68 Å². The van der Waals surface area contributed by atoms with Gasteiger partial charge < -0.3 is 5.32 Å². The van der Waals surface area contributed by atoms with Crippen molar-refractivity contribution in [2.75, 3.05) is 0 Å². The van der Waals surface area contributed by atoms with Crippen molar-refractivity contribution in [1.82, 2.24) is 20.3 Å². The number of aromatic nitrogens is 3. The zero-order chi connectivity index (χ0) is 22.0. The lowest BCUT2D eigenvalue weighted by Crippen LogP contribution is -2.30. The van der Waals surface area contributed by atoms with Crippen LogP contribution in [0.4, 0.5) is 5.69 Å². The first-order valence-corrected chi connectivity index (χ1v) is 10.5. The number of nitrogens with one attached hydrogen (secondary N) is 1. The molecular formula is C21H16ClN5O3S. The van der Waals surface area contributed by atoms with Crippen molar-refractivity contribution >= 4 is 34.5 Å². The summed E-state index contributed by atoms with van der Waals surface area (Å²) in [5.74, 6) is -0.402. The quantitative estimate of drug-likeness (QED) is 0.336. The Morgan fingerprint density at radius 1 is 1.19 bits per heavy atom. The van der Waals surface area contributed by atoms with E-state index in [1.165, 1.54) is 28.2 Å². The van der Waals surface area contributed by atoms with E-state index in [0.717, 1.165) is 11.1 Å². The van der Waals surface area contributed by atoms with Crippen molar-refractivity contribution < 1.29 is 9.72 Å². The van der Waals surface area contributed by atoms with Gasteiger partial charge in [0, 0.05) is 17.2 Å². The highest BCUT2D eigenvalue weighted by Gasteiger charge is 2.23. The number of amides is 1.